The van der Waals surface area contributed by atoms with E-state index in [0.29, 0.717) is 34.7 Å². The summed E-state index contributed by atoms with van der Waals surface area (Å²) in [5.74, 6) is -5.70. The van der Waals surface area contributed by atoms with Crippen LogP contribution in [0.5, 0.6) is 0 Å². The molecule has 12 nitrogen and oxygen atoms in total. The van der Waals surface area contributed by atoms with Crippen molar-refractivity contribution in [2.24, 2.45) is 0 Å². The van der Waals surface area contributed by atoms with Crippen LogP contribution in [0.4, 0.5) is 22.0 Å². The number of carboxylic acids is 2. The molecule has 0 fully saturated rings. The molecule has 0 aliphatic carbocycles. The molecule has 18 heteroatoms. The Hall–Kier alpha value is -5.69. The number of hydrogen-bond acceptors (Lipinski definition) is 9. The Morgan fingerprint density at radius 3 is 1.98 bits per heavy atom. The zero-order valence-corrected chi connectivity index (χ0v) is 32.6. The van der Waals surface area contributed by atoms with Crippen LogP contribution in [0.2, 0.25) is 0 Å². The van der Waals surface area contributed by atoms with E-state index in [0.717, 1.165) is 54.2 Å². The van der Waals surface area contributed by atoms with Gasteiger partial charge in [0.1, 0.15) is 12.2 Å². The summed E-state index contributed by atoms with van der Waals surface area (Å²) >= 11 is 1.11. The number of carbonyl (C=O) groups is 3. The van der Waals surface area contributed by atoms with Crippen molar-refractivity contribution < 1.29 is 56.8 Å². The molecule has 3 aromatic carbocycles. The van der Waals surface area contributed by atoms with Crippen LogP contribution < -0.4 is 5.43 Å². The van der Waals surface area contributed by atoms with Crippen molar-refractivity contribution in [2.45, 2.75) is 56.1 Å². The summed E-state index contributed by atoms with van der Waals surface area (Å²) in [6, 6.07) is 20.8. The van der Waals surface area contributed by atoms with Crippen molar-refractivity contribution in [3.8, 4) is 11.1 Å². The maximum Gasteiger partial charge on any atom is 0.416 e. The number of carbonyl (C=O) groups excluding carboxylic acids is 1. The number of pyridine rings is 2. The standard InChI is InChI=1S/C37H35F5N4O2S.C4H6O6/c1-3-44(4-2)19-20-45(22-25-10-12-26(13-11-25)27-14-16-29(17-15-27)37(40,41)42)33(48)23-46-34(21-32(47)30-8-6-18-43-36(30)46)49-24-28-7-5-9-31(38)35(28)39;5-1(3(7)8)2(6)4(9)10/h5-18,21H,3-4,19-20,22-24H2,1-2H3;1-2,5-6H,(H,7,8)(H,9,10). The highest BCUT2D eigenvalue weighted by Gasteiger charge is 2.30. The Morgan fingerprint density at radius 2 is 1.42 bits per heavy atom. The van der Waals surface area contributed by atoms with Crippen LogP contribution in [0.25, 0.3) is 22.2 Å². The van der Waals surface area contributed by atoms with E-state index < -0.39 is 47.5 Å². The number of hydrogen-bond donors (Lipinski definition) is 4. The van der Waals surface area contributed by atoms with Gasteiger partial charge in [-0.2, -0.15) is 13.2 Å². The number of likely N-dealkylation sites (N-methyl/N-ethyl adjacent to an activating group) is 1. The van der Waals surface area contributed by atoms with E-state index in [2.05, 4.69) is 9.88 Å². The second kappa shape index (κ2) is 20.8. The number of carboxylic acid groups (broad SMARTS) is 2. The smallest absolute Gasteiger partial charge is 0.416 e. The quantitative estimate of drug-likeness (QED) is 0.0688. The van der Waals surface area contributed by atoms with E-state index in [1.807, 2.05) is 38.1 Å². The molecule has 2 atom stereocenters. The number of rotatable bonds is 16. The number of aliphatic hydroxyl groups is 2. The first-order valence-electron chi connectivity index (χ1n) is 18.1. The topological polar surface area (TPSA) is 173 Å². The lowest BCUT2D eigenvalue weighted by Gasteiger charge is -2.28. The van der Waals surface area contributed by atoms with Gasteiger partial charge < -0.3 is 34.8 Å². The first-order valence-corrected chi connectivity index (χ1v) is 19.1. The van der Waals surface area contributed by atoms with Crippen LogP contribution in [0, 0.1) is 11.6 Å². The van der Waals surface area contributed by atoms with Crippen molar-refractivity contribution in [2.75, 3.05) is 26.2 Å². The SMILES string of the molecule is CCN(CC)CCN(Cc1ccc(-c2ccc(C(F)(F)F)cc2)cc1)C(=O)Cn1c(SCc2cccc(F)c2F)cc(=O)c2cccnc21.O=C(O)C(O)C(O)C(=O)O. The van der Waals surface area contributed by atoms with Crippen LogP contribution >= 0.6 is 11.8 Å². The molecule has 0 aliphatic heterocycles. The minimum Gasteiger partial charge on any atom is -0.479 e. The molecule has 0 saturated carbocycles. The molecule has 5 rings (SSSR count). The van der Waals surface area contributed by atoms with Gasteiger partial charge in [-0.1, -0.05) is 62.4 Å². The Morgan fingerprint density at radius 1 is 0.831 bits per heavy atom. The molecule has 0 spiro atoms. The van der Waals surface area contributed by atoms with Gasteiger partial charge in [0.2, 0.25) is 5.91 Å². The summed E-state index contributed by atoms with van der Waals surface area (Å²) in [6.45, 7) is 6.80. The van der Waals surface area contributed by atoms with Crippen LogP contribution in [0.3, 0.4) is 0 Å². The van der Waals surface area contributed by atoms with Gasteiger partial charge in [-0.15, -0.1) is 11.8 Å². The summed E-state index contributed by atoms with van der Waals surface area (Å²) in [4.78, 5) is 55.0. The van der Waals surface area contributed by atoms with Crippen molar-refractivity contribution >= 4 is 40.6 Å². The minimum absolute atomic E-state index is 0.0204. The summed E-state index contributed by atoms with van der Waals surface area (Å²) in [5, 5.41) is 33.2. The van der Waals surface area contributed by atoms with Crippen LogP contribution in [0.15, 0.2) is 101 Å². The fraction of sp³-hybridized carbons (Fsp3) is 0.293. The lowest BCUT2D eigenvalue weighted by molar-refractivity contribution is -0.165. The number of alkyl halides is 3. The van der Waals surface area contributed by atoms with Gasteiger partial charge in [0.05, 0.1) is 16.0 Å². The highest BCUT2D eigenvalue weighted by Crippen LogP contribution is 2.31. The Balaban J connectivity index is 0.000000680. The predicted molar refractivity (Wildman–Crippen MR) is 209 cm³/mol. The molecule has 0 aliphatic rings. The fourth-order valence-electron chi connectivity index (χ4n) is 5.73. The van der Waals surface area contributed by atoms with E-state index in [9.17, 15) is 41.1 Å². The number of halogens is 5. The zero-order chi connectivity index (χ0) is 43.4. The lowest BCUT2D eigenvalue weighted by atomic mass is 10.0. The minimum atomic E-state index is -4.42. The Kier molecular flexibility index (Phi) is 16.2. The Bertz CT molecular complexity index is 2270. The van der Waals surface area contributed by atoms with E-state index in [1.165, 1.54) is 36.5 Å². The largest absolute Gasteiger partial charge is 0.479 e. The molecule has 2 unspecified atom stereocenters. The number of aliphatic hydroxyl groups excluding tert-OH is 2. The number of aromatic nitrogens is 2. The first kappa shape index (κ1) is 46.0. The van der Waals surface area contributed by atoms with E-state index >= 15 is 0 Å². The van der Waals surface area contributed by atoms with Gasteiger partial charge in [-0.3, -0.25) is 9.59 Å². The predicted octanol–water partition coefficient (Wildman–Crippen LogP) is 5.90. The molecule has 0 bridgehead atoms. The van der Waals surface area contributed by atoms with Crippen molar-refractivity contribution in [1.29, 1.82) is 0 Å². The van der Waals surface area contributed by atoms with Crippen LogP contribution in [-0.2, 0) is 39.4 Å². The average molecular weight is 845 g/mol. The number of thioether (sulfide) groups is 1. The molecule has 0 saturated heterocycles. The van der Waals surface area contributed by atoms with Crippen LogP contribution in [-0.4, -0.2) is 96.0 Å². The third-order valence-corrected chi connectivity index (χ3v) is 10.2. The number of fused-ring (bicyclic) bond motifs is 1. The van der Waals surface area contributed by atoms with Gasteiger partial charge in [0, 0.05) is 43.2 Å². The number of aliphatic carboxylic acids is 2. The van der Waals surface area contributed by atoms with Crippen molar-refractivity contribution in [3.05, 3.63) is 130 Å². The molecule has 4 N–H and O–H groups in total. The van der Waals surface area contributed by atoms with Gasteiger partial charge in [-0.05, 0) is 60.1 Å². The molecule has 59 heavy (non-hydrogen) atoms. The molecule has 5 aromatic rings. The summed E-state index contributed by atoms with van der Waals surface area (Å²) in [7, 11) is 0. The normalized spacial score (nSPS) is 12.4. The monoisotopic (exact) mass is 844 g/mol. The lowest BCUT2D eigenvalue weighted by Crippen LogP contribution is -2.40. The second-order valence-corrected chi connectivity index (χ2v) is 14.0. The summed E-state index contributed by atoms with van der Waals surface area (Å²) in [6.07, 6.45) is -7.42. The highest BCUT2D eigenvalue weighted by molar-refractivity contribution is 7.98. The molecule has 314 valence electrons. The van der Waals surface area contributed by atoms with E-state index in [4.69, 9.17) is 20.4 Å². The zero-order valence-electron chi connectivity index (χ0n) is 31.8. The average Bonchev–Trinajstić information content (AvgIpc) is 3.22. The molecular weight excluding hydrogens is 804 g/mol. The van der Waals surface area contributed by atoms with E-state index in [1.54, 1.807) is 21.6 Å². The molecular formula is C41H41F5N4O8S. The molecule has 2 aromatic heterocycles. The van der Waals surface area contributed by atoms with Crippen LogP contribution in [0.1, 0.15) is 30.5 Å². The maximum atomic E-state index is 14.5. The van der Waals surface area contributed by atoms with Gasteiger partial charge in [-0.25, -0.2) is 23.4 Å². The number of nitrogens with zero attached hydrogens (tertiary/aromatic N) is 4. The maximum absolute atomic E-state index is 14.5. The third kappa shape index (κ3) is 12.4. The summed E-state index contributed by atoms with van der Waals surface area (Å²) < 4.78 is 69.1. The molecule has 0 radical (unpaired) electrons. The molecule has 1 amide bonds. The fourth-order valence-corrected chi connectivity index (χ4v) is 6.76. The second-order valence-electron chi connectivity index (χ2n) is 13.0. The third-order valence-electron chi connectivity index (χ3n) is 9.14. The van der Waals surface area contributed by atoms with Gasteiger partial charge >= 0.3 is 18.1 Å². The Labute approximate surface area is 339 Å². The van der Waals surface area contributed by atoms with Crippen molar-refractivity contribution in [1.82, 2.24) is 19.4 Å². The number of benzene rings is 3. The van der Waals surface area contributed by atoms with E-state index in [-0.39, 0.29) is 35.7 Å². The highest BCUT2D eigenvalue weighted by atomic mass is 32.2. The molecule has 2 heterocycles. The van der Waals surface area contributed by atoms with Crippen molar-refractivity contribution in [3.63, 3.8) is 0 Å². The summed E-state index contributed by atoms with van der Waals surface area (Å²) in [5.41, 5.74) is 1.59. The first-order chi connectivity index (χ1) is 27.9. The van der Waals surface area contributed by atoms with Gasteiger partial charge in [0.15, 0.2) is 29.3 Å². The number of amides is 1. The van der Waals surface area contributed by atoms with Gasteiger partial charge in [0.25, 0.3) is 0 Å².